The molecule has 1 fully saturated rings. The van der Waals surface area contributed by atoms with Gasteiger partial charge >= 0.3 is 6.09 Å². The van der Waals surface area contributed by atoms with Gasteiger partial charge in [-0.1, -0.05) is 60.9 Å². The molecule has 4 rings (SSSR count). The van der Waals surface area contributed by atoms with Gasteiger partial charge in [0.1, 0.15) is 6.61 Å². The van der Waals surface area contributed by atoms with Crippen molar-refractivity contribution in [3.63, 3.8) is 0 Å². The first kappa shape index (κ1) is 15.8. The molecule has 0 saturated heterocycles. The molecule has 0 radical (unpaired) electrons. The van der Waals surface area contributed by atoms with Gasteiger partial charge in [0, 0.05) is 5.92 Å². The van der Waals surface area contributed by atoms with Crippen LogP contribution in [0.15, 0.2) is 48.5 Å². The molecule has 2 aliphatic rings. The van der Waals surface area contributed by atoms with E-state index in [0.717, 1.165) is 12.8 Å². The van der Waals surface area contributed by atoms with Crippen molar-refractivity contribution in [3.8, 4) is 23.5 Å². The molecule has 1 amide bonds. The molecular formula is C22H21NO2. The fourth-order valence-electron chi connectivity index (χ4n) is 3.84. The minimum absolute atomic E-state index is 0.0751. The van der Waals surface area contributed by atoms with Gasteiger partial charge in [0.25, 0.3) is 0 Å². The van der Waals surface area contributed by atoms with Gasteiger partial charge in [-0.3, -0.25) is 0 Å². The number of nitrogens with one attached hydrogen (secondary N) is 1. The molecule has 126 valence electrons. The highest BCUT2D eigenvalue weighted by molar-refractivity contribution is 5.79. The molecule has 0 aliphatic heterocycles. The third-order valence-electron chi connectivity index (χ3n) is 5.42. The van der Waals surface area contributed by atoms with Gasteiger partial charge < -0.3 is 10.1 Å². The van der Waals surface area contributed by atoms with Gasteiger partial charge in [-0.15, -0.1) is 6.42 Å². The number of fused-ring (bicyclic) bond motifs is 3. The summed E-state index contributed by atoms with van der Waals surface area (Å²) in [5.41, 5.74) is 4.87. The van der Waals surface area contributed by atoms with E-state index in [4.69, 9.17) is 11.2 Å². The lowest BCUT2D eigenvalue weighted by Crippen LogP contribution is -2.42. The summed E-state index contributed by atoms with van der Waals surface area (Å²) in [6.07, 6.45) is 8.49. The average Bonchev–Trinajstić information content (AvgIpc) is 2.92. The van der Waals surface area contributed by atoms with Crippen molar-refractivity contribution in [2.45, 2.75) is 31.2 Å². The molecule has 0 heterocycles. The second kappa shape index (κ2) is 6.64. The number of benzene rings is 2. The first-order valence-corrected chi connectivity index (χ1v) is 8.85. The molecule has 2 aliphatic carbocycles. The number of hydrogen-bond donors (Lipinski definition) is 1. The Hall–Kier alpha value is -2.73. The first-order valence-electron chi connectivity index (χ1n) is 8.85. The van der Waals surface area contributed by atoms with Crippen LogP contribution in [0.1, 0.15) is 36.3 Å². The van der Waals surface area contributed by atoms with Crippen molar-refractivity contribution in [2.75, 3.05) is 6.61 Å². The summed E-state index contributed by atoms with van der Waals surface area (Å²) in [6, 6.07) is 16.4. The van der Waals surface area contributed by atoms with Crippen molar-refractivity contribution < 1.29 is 9.53 Å². The Morgan fingerprint density at radius 3 is 2.24 bits per heavy atom. The topological polar surface area (TPSA) is 38.3 Å². The average molecular weight is 331 g/mol. The van der Waals surface area contributed by atoms with Crippen LogP contribution in [0, 0.1) is 18.3 Å². The minimum Gasteiger partial charge on any atom is -0.449 e. The van der Waals surface area contributed by atoms with Crippen molar-refractivity contribution in [1.82, 2.24) is 5.32 Å². The van der Waals surface area contributed by atoms with Crippen molar-refractivity contribution in [1.29, 1.82) is 0 Å². The Morgan fingerprint density at radius 2 is 1.72 bits per heavy atom. The molecule has 2 aromatic rings. The normalized spacial score (nSPS) is 16.9. The van der Waals surface area contributed by atoms with E-state index < -0.39 is 6.09 Å². The van der Waals surface area contributed by atoms with Gasteiger partial charge in [0.15, 0.2) is 0 Å². The molecule has 0 aromatic heterocycles. The smallest absolute Gasteiger partial charge is 0.408 e. The molecular weight excluding hydrogens is 310 g/mol. The first-order chi connectivity index (χ1) is 12.3. The molecule has 0 spiro atoms. The highest BCUT2D eigenvalue weighted by Gasteiger charge is 2.30. The molecule has 1 saturated carbocycles. The lowest BCUT2D eigenvalue weighted by atomic mass is 9.80. The summed E-state index contributed by atoms with van der Waals surface area (Å²) in [5.74, 6) is 3.15. The second-order valence-electron chi connectivity index (χ2n) is 6.81. The molecule has 0 bridgehead atoms. The summed E-state index contributed by atoms with van der Waals surface area (Å²) in [4.78, 5) is 12.2. The predicted molar refractivity (Wildman–Crippen MR) is 98.2 cm³/mol. The lowest BCUT2D eigenvalue weighted by molar-refractivity contribution is 0.134. The van der Waals surface area contributed by atoms with Gasteiger partial charge in [-0.05, 0) is 41.0 Å². The Balaban J connectivity index is 1.46. The highest BCUT2D eigenvalue weighted by atomic mass is 16.5. The van der Waals surface area contributed by atoms with E-state index in [-0.39, 0.29) is 12.0 Å². The zero-order valence-electron chi connectivity index (χ0n) is 14.1. The molecule has 0 unspecified atom stereocenters. The number of carbonyl (C=O) groups excluding carboxylic acids is 1. The molecule has 25 heavy (non-hydrogen) atoms. The molecule has 1 N–H and O–H groups in total. The van der Waals surface area contributed by atoms with Gasteiger partial charge in [0.05, 0.1) is 6.04 Å². The number of ether oxygens (including phenoxy) is 1. The number of amides is 1. The largest absolute Gasteiger partial charge is 0.449 e. The molecule has 1 atom stereocenters. The van der Waals surface area contributed by atoms with E-state index in [1.165, 1.54) is 28.7 Å². The number of carbonyl (C=O) groups is 1. The van der Waals surface area contributed by atoms with Crippen LogP contribution in [0.2, 0.25) is 0 Å². The monoisotopic (exact) mass is 331 g/mol. The standard InChI is InChI=1S/C22H21NO2/c1-2-21(15-8-7-9-15)23-22(24)25-14-20-18-12-5-3-10-16(18)17-11-4-6-13-19(17)20/h1,3-6,10-13,15,20-21H,7-9,14H2,(H,23,24)/t21-/m0/s1. The fourth-order valence-corrected chi connectivity index (χ4v) is 3.84. The van der Waals surface area contributed by atoms with E-state index >= 15 is 0 Å². The van der Waals surface area contributed by atoms with E-state index in [1.54, 1.807) is 0 Å². The van der Waals surface area contributed by atoms with Gasteiger partial charge in [0.2, 0.25) is 0 Å². The number of terminal acetylenes is 1. The van der Waals surface area contributed by atoms with Crippen LogP contribution >= 0.6 is 0 Å². The quantitative estimate of drug-likeness (QED) is 0.847. The van der Waals surface area contributed by atoms with Crippen molar-refractivity contribution >= 4 is 6.09 Å². The number of hydrogen-bond acceptors (Lipinski definition) is 2. The van der Waals surface area contributed by atoms with Crippen molar-refractivity contribution in [3.05, 3.63) is 59.7 Å². The van der Waals surface area contributed by atoms with E-state index in [2.05, 4.69) is 35.5 Å². The summed E-state index contributed by atoms with van der Waals surface area (Å²) in [6.45, 7) is 0.321. The van der Waals surface area contributed by atoms with Crippen LogP contribution in [-0.2, 0) is 4.74 Å². The molecule has 3 heteroatoms. The third kappa shape index (κ3) is 2.89. The summed E-state index contributed by atoms with van der Waals surface area (Å²) < 4.78 is 5.55. The number of alkyl carbamates (subject to hydrolysis) is 1. The fraction of sp³-hybridized carbons (Fsp3) is 0.318. The summed E-state index contributed by atoms with van der Waals surface area (Å²) in [5, 5.41) is 2.84. The third-order valence-corrected chi connectivity index (χ3v) is 5.42. The SMILES string of the molecule is C#C[C@H](NC(=O)OCC1c2ccccc2-c2ccccc21)C1CCC1. The van der Waals surface area contributed by atoms with Crippen LogP contribution < -0.4 is 5.32 Å². The van der Waals surface area contributed by atoms with Crippen LogP contribution in [0.25, 0.3) is 11.1 Å². The lowest BCUT2D eigenvalue weighted by Gasteiger charge is -2.30. The number of rotatable bonds is 4. The summed E-state index contributed by atoms with van der Waals surface area (Å²) >= 11 is 0. The molecule has 3 nitrogen and oxygen atoms in total. The van der Waals surface area contributed by atoms with Gasteiger partial charge in [-0.25, -0.2) is 4.79 Å². The summed E-state index contributed by atoms with van der Waals surface area (Å²) in [7, 11) is 0. The van der Waals surface area contributed by atoms with Crippen LogP contribution in [0.5, 0.6) is 0 Å². The maximum absolute atomic E-state index is 12.2. The van der Waals surface area contributed by atoms with E-state index in [0.29, 0.717) is 12.5 Å². The van der Waals surface area contributed by atoms with Crippen LogP contribution in [0.4, 0.5) is 4.79 Å². The minimum atomic E-state index is -0.420. The Labute approximate surface area is 148 Å². The van der Waals surface area contributed by atoms with Crippen LogP contribution in [-0.4, -0.2) is 18.7 Å². The Bertz CT molecular complexity index is 786. The van der Waals surface area contributed by atoms with Gasteiger partial charge in [-0.2, -0.15) is 0 Å². The zero-order valence-corrected chi connectivity index (χ0v) is 14.1. The molecule has 2 aromatic carbocycles. The highest BCUT2D eigenvalue weighted by Crippen LogP contribution is 2.44. The maximum Gasteiger partial charge on any atom is 0.408 e. The van der Waals surface area contributed by atoms with E-state index in [9.17, 15) is 4.79 Å². The Morgan fingerprint density at radius 1 is 1.12 bits per heavy atom. The van der Waals surface area contributed by atoms with E-state index in [1.807, 2.05) is 24.3 Å². The predicted octanol–water partition coefficient (Wildman–Crippen LogP) is 4.33. The van der Waals surface area contributed by atoms with Crippen molar-refractivity contribution in [2.24, 2.45) is 5.92 Å². The maximum atomic E-state index is 12.2. The Kier molecular flexibility index (Phi) is 4.19. The van der Waals surface area contributed by atoms with Crippen LogP contribution in [0.3, 0.4) is 0 Å². The zero-order chi connectivity index (χ0) is 17.2. The second-order valence-corrected chi connectivity index (χ2v) is 6.81.